The average molecular weight is 1910 g/mol. The molecule has 58 nitrogen and oxygen atoms in total. The number of hydrogen-bond acceptors (Lipinski definition) is 41. The molecule has 0 radical (unpaired) electrons. The summed E-state index contributed by atoms with van der Waals surface area (Å²) >= 11 is 0. The van der Waals surface area contributed by atoms with E-state index in [0.717, 1.165) is 0 Å². The Morgan fingerprint density at radius 2 is 0.488 bits per heavy atom. The van der Waals surface area contributed by atoms with Crippen molar-refractivity contribution < 1.29 is 131 Å². The summed E-state index contributed by atoms with van der Waals surface area (Å²) in [5, 5.41) is 21.7. The van der Waals surface area contributed by atoms with Gasteiger partial charge in [0.25, 0.3) is 33.4 Å². The number of phosphoric acid groups is 5. The summed E-state index contributed by atoms with van der Waals surface area (Å²) in [5.41, 5.74) is 31.4. The molecular weight excluding hydrogens is 1830 g/mol. The quantitative estimate of drug-likeness (QED) is 0.0236. The second-order valence-electron chi connectivity index (χ2n) is 30.4. The molecule has 0 saturated carbocycles. The average Bonchev–Trinajstić information content (AvgIpc) is 1.68. The van der Waals surface area contributed by atoms with Gasteiger partial charge in [0.05, 0.1) is 78.1 Å². The molecular formula is C66H79N24O34P5. The Balaban J connectivity index is 0.573. The molecule has 0 amide bonds. The van der Waals surface area contributed by atoms with E-state index in [9.17, 15) is 86.3 Å². The van der Waals surface area contributed by atoms with Crippen LogP contribution in [0.5, 0.6) is 0 Å². The van der Waals surface area contributed by atoms with Crippen LogP contribution in [-0.4, -0.2) is 235 Å². The molecule has 6 saturated heterocycles. The van der Waals surface area contributed by atoms with Crippen LogP contribution < -0.4 is 67.8 Å². The molecule has 129 heavy (non-hydrogen) atoms. The number of anilines is 6. The van der Waals surface area contributed by atoms with Crippen LogP contribution >= 0.6 is 39.1 Å². The zero-order valence-corrected chi connectivity index (χ0v) is 70.5. The van der Waals surface area contributed by atoms with Gasteiger partial charge in [-0.3, -0.25) is 104 Å². The van der Waals surface area contributed by atoms with Crippen molar-refractivity contribution in [3.05, 3.63) is 136 Å². The smallest absolute Gasteiger partial charge is 0.394 e. The van der Waals surface area contributed by atoms with E-state index in [1.807, 2.05) is 0 Å². The van der Waals surface area contributed by atoms with Crippen molar-refractivity contribution in [2.45, 2.75) is 149 Å². The normalized spacial score (nSPS) is 28.6. The Morgan fingerprint density at radius 3 is 0.698 bits per heavy atom. The minimum absolute atomic E-state index is 0.00880. The van der Waals surface area contributed by atoms with E-state index < -0.39 is 248 Å². The number of H-pyrrole nitrogens is 6. The molecule has 6 aliphatic rings. The van der Waals surface area contributed by atoms with E-state index in [1.54, 1.807) is 0 Å². The lowest BCUT2D eigenvalue weighted by Crippen LogP contribution is -2.32. The Hall–Kier alpha value is -10.5. The maximum absolute atomic E-state index is 14.7. The molecule has 23 atom stereocenters. The van der Waals surface area contributed by atoms with Crippen molar-refractivity contribution in [3.63, 3.8) is 0 Å². The Morgan fingerprint density at radius 1 is 0.310 bits per heavy atom. The third-order valence-corrected chi connectivity index (χ3v) is 27.2. The molecule has 692 valence electrons. The summed E-state index contributed by atoms with van der Waals surface area (Å²) in [6.45, 7) is -5.75. The first-order valence-electron chi connectivity index (χ1n) is 38.9. The number of rotatable bonds is 32. The molecule has 0 aliphatic carbocycles. The number of phosphoric ester groups is 5. The molecule has 0 spiro atoms. The summed E-state index contributed by atoms with van der Waals surface area (Å²) in [4.78, 5) is 175. The van der Waals surface area contributed by atoms with Gasteiger partial charge < -0.3 is 125 Å². The number of aliphatic hydroxyl groups is 2. The molecule has 0 bridgehead atoms. The number of nitrogens with two attached hydrogens (primary N) is 6. The van der Waals surface area contributed by atoms with Crippen molar-refractivity contribution in [1.29, 1.82) is 0 Å². The van der Waals surface area contributed by atoms with E-state index in [0.29, 0.717) is 0 Å². The highest BCUT2D eigenvalue weighted by Crippen LogP contribution is 2.57. The number of nitrogens with one attached hydrogen (secondary N) is 6. The number of hydrogen-bond donors (Lipinski definition) is 19. The number of nitrogen functional groups attached to an aromatic ring is 6. The monoisotopic (exact) mass is 1910 g/mol. The van der Waals surface area contributed by atoms with Gasteiger partial charge in [0, 0.05) is 75.7 Å². The predicted octanol–water partition coefficient (Wildman–Crippen LogP) is -0.502. The molecule has 12 aromatic heterocycles. The van der Waals surface area contributed by atoms with Crippen molar-refractivity contribution in [1.82, 2.24) is 87.2 Å². The van der Waals surface area contributed by atoms with Gasteiger partial charge in [0.15, 0.2) is 33.9 Å². The SMILES string of the molecule is Nc1nc2c(ccn2[C@H]2C[C@H](OP(=O)(O)OC[C@H]3O[C@@H](n4ccc5c(=O)[nH]c(N)nc54)C[C@@H]3OP(=O)(O)OC[C@H]3O[C@@H](n4ccc5c(=O)[nH]c(N)nc54)C[C@@H]3OP(=O)(O)OC[C@H]3O[C@@H](n4ccc5c(=O)[nH]c(N)nc54)C[C@@H]3OP(=O)(O)OC[C@H]3O[C@@H](n4ccc5c(=O)[nH]c(N)nc54)C[C@@H]3OP(=O)(O)OC[C@H]3O[C@@H](n4ccc5c(=O)[nH]c(N)nc54)C[C@@H]3O)[C@@H](CO)O2)c(=O)[nH]1. The number of aromatic nitrogens is 18. The lowest BCUT2D eigenvalue weighted by Gasteiger charge is -2.26. The van der Waals surface area contributed by atoms with Crippen LogP contribution in [0.25, 0.3) is 66.2 Å². The zero-order valence-electron chi connectivity index (χ0n) is 66.0. The number of ether oxygens (including phenoxy) is 6. The second kappa shape index (κ2) is 34.4. The van der Waals surface area contributed by atoms with Crippen LogP contribution in [0, 0.1) is 0 Å². The van der Waals surface area contributed by atoms with Crippen molar-refractivity contribution >= 4 is 141 Å². The highest BCUT2D eigenvalue weighted by atomic mass is 31.2. The van der Waals surface area contributed by atoms with Crippen molar-refractivity contribution in [3.8, 4) is 0 Å². The maximum Gasteiger partial charge on any atom is 0.472 e. The molecule has 0 aromatic carbocycles. The molecule has 6 fully saturated rings. The van der Waals surface area contributed by atoms with Gasteiger partial charge in [-0.2, -0.15) is 29.9 Å². The van der Waals surface area contributed by atoms with Crippen LogP contribution in [0.4, 0.5) is 35.7 Å². The third-order valence-electron chi connectivity index (χ3n) is 22.1. The lowest BCUT2D eigenvalue weighted by atomic mass is 10.2. The third kappa shape index (κ3) is 18.3. The van der Waals surface area contributed by atoms with E-state index in [-0.39, 0.29) is 115 Å². The van der Waals surface area contributed by atoms with Crippen LogP contribution in [0.2, 0.25) is 0 Å². The zero-order chi connectivity index (χ0) is 91.0. The van der Waals surface area contributed by atoms with Crippen molar-refractivity contribution in [2.75, 3.05) is 74.0 Å². The fraction of sp³-hybridized carbons (Fsp3) is 0.455. The first kappa shape index (κ1) is 89.2. The molecule has 18 heterocycles. The summed E-state index contributed by atoms with van der Waals surface area (Å²) < 4.78 is 173. The predicted molar refractivity (Wildman–Crippen MR) is 436 cm³/mol. The van der Waals surface area contributed by atoms with E-state index >= 15 is 0 Å². The fourth-order valence-corrected chi connectivity index (χ4v) is 21.1. The van der Waals surface area contributed by atoms with E-state index in [1.165, 1.54) is 101 Å². The molecule has 5 unspecified atom stereocenters. The molecule has 6 aliphatic heterocycles. The van der Waals surface area contributed by atoms with Crippen LogP contribution in [-0.2, 0) is 96.5 Å². The second-order valence-corrected chi connectivity index (χ2v) is 37.5. The van der Waals surface area contributed by atoms with Gasteiger partial charge in [-0.25, -0.2) is 22.8 Å². The number of nitrogens with zero attached hydrogens (tertiary/aromatic N) is 12. The van der Waals surface area contributed by atoms with Crippen LogP contribution in [0.3, 0.4) is 0 Å². The van der Waals surface area contributed by atoms with Crippen molar-refractivity contribution in [2.24, 2.45) is 0 Å². The Labute approximate surface area is 715 Å². The summed E-state index contributed by atoms with van der Waals surface area (Å²) in [6, 6.07) is 8.23. The largest absolute Gasteiger partial charge is 0.472 e. The highest BCUT2D eigenvalue weighted by Gasteiger charge is 2.52. The molecule has 25 N–H and O–H groups in total. The van der Waals surface area contributed by atoms with E-state index in [4.69, 9.17) is 108 Å². The van der Waals surface area contributed by atoms with Crippen LogP contribution in [0.1, 0.15) is 75.9 Å². The Kier molecular flexibility index (Phi) is 23.8. The van der Waals surface area contributed by atoms with Gasteiger partial charge >= 0.3 is 39.1 Å². The van der Waals surface area contributed by atoms with Gasteiger partial charge in [0.2, 0.25) is 35.7 Å². The van der Waals surface area contributed by atoms with Gasteiger partial charge in [-0.05, 0) is 36.4 Å². The van der Waals surface area contributed by atoms with Gasteiger partial charge in [0.1, 0.15) is 105 Å². The van der Waals surface area contributed by atoms with Crippen LogP contribution in [0.15, 0.2) is 102 Å². The van der Waals surface area contributed by atoms with Gasteiger partial charge in [-0.1, -0.05) is 0 Å². The summed E-state index contributed by atoms with van der Waals surface area (Å²) in [7, 11) is -27.5. The lowest BCUT2D eigenvalue weighted by molar-refractivity contribution is -0.0637. The first-order valence-corrected chi connectivity index (χ1v) is 46.4. The fourth-order valence-electron chi connectivity index (χ4n) is 16.3. The minimum atomic E-state index is -5.65. The maximum atomic E-state index is 14.7. The molecule has 63 heteroatoms. The standard InChI is InChI=1S/C66H79N24O34P5/c67-61-73-49-25(55(93)79-61)1-7-85(49)43-13-31(92)38(115-43)20-109-125(99,100)121-33-15-45(87-9-3-27-51(87)75-63(69)81-57(27)95)117-40(33)22-111-127(103,104)123-35-17-47(89-11-5-29-53(89)77-65(71)83-59(29)97)119-42(35)24-113-129(107,108)124-36-18-48(90-12-6-30-54(90)78-66(72)84-60(30)98)118-41(36)23-112-128(105,106)122-34-16-46(88-10-4-28-52(88)76-64(70)82-58(28)96)116-39(34)21-110-126(101,102)120-32-14-44(114-37(32)19-91)86-8-2-26-50(86)74-62(68)80-56(26)94/h1-12,31-48,91-92H,13-24H2,(H,99,100)(H,101,102)(H,103,104)(H,105,106)(H,107,108)(H3,67,73,79,93)(H3,68,74,80,94)(H3,69,75,81,95)(H3,70,76,82,96)(H3,71,77,83,97)(H3,72,78,84,98)/t31-,32-,33-,34-,35-,36-,37+,38+,39+,40+,41+,42+,43+,44+,45+,46+,47+,48+/m0/s1. The van der Waals surface area contributed by atoms with E-state index in [2.05, 4.69) is 59.8 Å². The first-order chi connectivity index (χ1) is 61.2. The highest BCUT2D eigenvalue weighted by molar-refractivity contribution is 7.48. The summed E-state index contributed by atoms with van der Waals surface area (Å²) in [5.74, 6) is -1.79. The molecule has 12 aromatic rings. The number of fused-ring (bicyclic) bond motifs is 6. The molecule has 18 rings (SSSR count). The van der Waals surface area contributed by atoms with Gasteiger partial charge in [-0.15, -0.1) is 0 Å². The number of aliphatic hydroxyl groups excluding tert-OH is 2. The minimum Gasteiger partial charge on any atom is -0.394 e. The summed E-state index contributed by atoms with van der Waals surface area (Å²) in [6.07, 6.45) is -20.2. The Bertz CT molecular complexity index is 7010. The topological polar surface area (TPSA) is 835 Å². The number of aromatic amines is 6.